The first-order chi connectivity index (χ1) is 8.70. The monoisotopic (exact) mass is 244 g/mol. The topological polar surface area (TPSA) is 42.7 Å². The lowest BCUT2D eigenvalue weighted by atomic mass is 10.1. The van der Waals surface area contributed by atoms with E-state index in [-0.39, 0.29) is 0 Å². The fraction of sp³-hybridized carbons (Fsp3) is 0.429. The first-order valence-corrected chi connectivity index (χ1v) is 6.37. The molecule has 0 aliphatic heterocycles. The van der Waals surface area contributed by atoms with Gasteiger partial charge in [0, 0.05) is 12.6 Å². The van der Waals surface area contributed by atoms with Crippen molar-refractivity contribution in [2.45, 2.75) is 39.9 Å². The Hall–Kier alpha value is -1.68. The minimum Gasteiger partial charge on any atom is -0.317 e. The van der Waals surface area contributed by atoms with Crippen LogP contribution in [0.25, 0.3) is 0 Å². The molecule has 1 aromatic carbocycles. The van der Waals surface area contributed by atoms with E-state index in [1.165, 1.54) is 11.1 Å². The van der Waals surface area contributed by atoms with Gasteiger partial charge in [-0.2, -0.15) is 0 Å². The molecule has 18 heavy (non-hydrogen) atoms. The average Bonchev–Trinajstić information content (AvgIpc) is 2.84. The summed E-state index contributed by atoms with van der Waals surface area (Å²) in [6.07, 6.45) is 1.77. The molecule has 0 aliphatic rings. The van der Waals surface area contributed by atoms with Gasteiger partial charge < -0.3 is 9.88 Å². The second kappa shape index (κ2) is 5.78. The summed E-state index contributed by atoms with van der Waals surface area (Å²) in [5.41, 5.74) is 2.58. The summed E-state index contributed by atoms with van der Waals surface area (Å²) in [6.45, 7) is 8.00. The number of aryl methyl sites for hydroxylation is 2. The Morgan fingerprint density at radius 2 is 2.00 bits per heavy atom. The molecule has 4 nitrogen and oxygen atoms in total. The van der Waals surface area contributed by atoms with E-state index in [9.17, 15) is 0 Å². The molecular formula is C14H20N4. The molecule has 0 aliphatic carbocycles. The van der Waals surface area contributed by atoms with Gasteiger partial charge in [-0.05, 0) is 26.3 Å². The Balaban J connectivity index is 1.96. The highest BCUT2D eigenvalue weighted by Crippen LogP contribution is 2.13. The zero-order chi connectivity index (χ0) is 13.0. The molecule has 2 aromatic rings. The van der Waals surface area contributed by atoms with Crippen LogP contribution in [0.15, 0.2) is 30.6 Å². The maximum atomic E-state index is 4.12. The number of benzene rings is 1. The highest BCUT2D eigenvalue weighted by molar-refractivity contribution is 5.23. The fourth-order valence-corrected chi connectivity index (χ4v) is 1.90. The number of aromatic nitrogens is 3. The van der Waals surface area contributed by atoms with Crippen molar-refractivity contribution in [1.82, 2.24) is 20.1 Å². The molecule has 1 unspecified atom stereocenters. The van der Waals surface area contributed by atoms with Crippen LogP contribution < -0.4 is 5.32 Å². The average molecular weight is 244 g/mol. The van der Waals surface area contributed by atoms with Crippen molar-refractivity contribution in [2.75, 3.05) is 0 Å². The van der Waals surface area contributed by atoms with Crippen LogP contribution in [0.4, 0.5) is 0 Å². The third kappa shape index (κ3) is 2.96. The van der Waals surface area contributed by atoms with E-state index in [4.69, 9.17) is 0 Å². The number of nitrogens with zero attached hydrogens (tertiary/aromatic N) is 3. The van der Waals surface area contributed by atoms with Gasteiger partial charge in [0.2, 0.25) is 0 Å². The van der Waals surface area contributed by atoms with Crippen molar-refractivity contribution >= 4 is 0 Å². The summed E-state index contributed by atoms with van der Waals surface area (Å²) in [5.74, 6) is 0.983. The molecule has 0 spiro atoms. The quantitative estimate of drug-likeness (QED) is 0.878. The molecule has 96 valence electrons. The second-order valence-corrected chi connectivity index (χ2v) is 4.55. The smallest absolute Gasteiger partial charge is 0.146 e. The van der Waals surface area contributed by atoms with Crippen LogP contribution in [0.5, 0.6) is 0 Å². The molecule has 1 aromatic heterocycles. The van der Waals surface area contributed by atoms with Crippen molar-refractivity contribution < 1.29 is 0 Å². The van der Waals surface area contributed by atoms with Crippen molar-refractivity contribution in [2.24, 2.45) is 0 Å². The van der Waals surface area contributed by atoms with E-state index < -0.39 is 0 Å². The highest BCUT2D eigenvalue weighted by atomic mass is 15.3. The Labute approximate surface area is 108 Å². The van der Waals surface area contributed by atoms with Crippen LogP contribution in [0.1, 0.15) is 36.8 Å². The molecule has 1 atom stereocenters. The van der Waals surface area contributed by atoms with Crippen LogP contribution >= 0.6 is 0 Å². The number of nitrogens with one attached hydrogen (secondary N) is 1. The molecule has 0 fully saturated rings. The van der Waals surface area contributed by atoms with Crippen molar-refractivity contribution in [3.8, 4) is 0 Å². The molecule has 0 bridgehead atoms. The van der Waals surface area contributed by atoms with Gasteiger partial charge in [-0.15, -0.1) is 10.2 Å². The van der Waals surface area contributed by atoms with Gasteiger partial charge >= 0.3 is 0 Å². The van der Waals surface area contributed by atoms with Gasteiger partial charge in [-0.1, -0.05) is 29.8 Å². The number of rotatable bonds is 5. The summed E-state index contributed by atoms with van der Waals surface area (Å²) in [6, 6.07) is 8.92. The van der Waals surface area contributed by atoms with Crippen LogP contribution in [-0.2, 0) is 13.1 Å². The lowest BCUT2D eigenvalue weighted by Gasteiger charge is -2.14. The summed E-state index contributed by atoms with van der Waals surface area (Å²) >= 11 is 0. The number of hydrogen-bond acceptors (Lipinski definition) is 3. The van der Waals surface area contributed by atoms with Crippen LogP contribution in [0.2, 0.25) is 0 Å². The molecular weight excluding hydrogens is 224 g/mol. The van der Waals surface area contributed by atoms with Crippen LogP contribution in [0.3, 0.4) is 0 Å². The maximum absolute atomic E-state index is 4.12. The van der Waals surface area contributed by atoms with Crippen molar-refractivity contribution in [3.63, 3.8) is 0 Å². The molecule has 2 rings (SSSR count). The van der Waals surface area contributed by atoms with Gasteiger partial charge in [0.15, 0.2) is 0 Å². The Morgan fingerprint density at radius 1 is 1.28 bits per heavy atom. The van der Waals surface area contributed by atoms with Gasteiger partial charge in [0.05, 0.1) is 6.54 Å². The molecule has 1 N–H and O–H groups in total. The summed E-state index contributed by atoms with van der Waals surface area (Å²) in [5, 5.41) is 11.5. The Kier molecular flexibility index (Phi) is 4.10. The largest absolute Gasteiger partial charge is 0.317 e. The normalized spacial score (nSPS) is 12.6. The third-order valence-electron chi connectivity index (χ3n) is 3.18. The minimum atomic E-state index is 0.313. The SMILES string of the molecule is CCn1cnnc1CNC(C)c1ccc(C)cc1. The predicted octanol–water partition coefficient (Wildman–Crippen LogP) is 2.46. The molecule has 0 amide bonds. The van der Waals surface area contributed by atoms with E-state index in [1.807, 2.05) is 0 Å². The third-order valence-corrected chi connectivity index (χ3v) is 3.18. The molecule has 0 radical (unpaired) electrons. The van der Waals surface area contributed by atoms with Crippen LogP contribution in [0, 0.1) is 6.92 Å². The zero-order valence-corrected chi connectivity index (χ0v) is 11.2. The first kappa shape index (κ1) is 12.8. The Morgan fingerprint density at radius 3 is 2.67 bits per heavy atom. The lowest BCUT2D eigenvalue weighted by Crippen LogP contribution is -2.20. The van der Waals surface area contributed by atoms with Crippen molar-refractivity contribution in [1.29, 1.82) is 0 Å². The molecule has 4 heteroatoms. The maximum Gasteiger partial charge on any atom is 0.146 e. The summed E-state index contributed by atoms with van der Waals surface area (Å²) < 4.78 is 2.05. The molecule has 0 saturated heterocycles. The van der Waals surface area contributed by atoms with E-state index in [2.05, 4.69) is 65.1 Å². The lowest BCUT2D eigenvalue weighted by molar-refractivity contribution is 0.539. The fourth-order valence-electron chi connectivity index (χ4n) is 1.90. The number of hydrogen-bond donors (Lipinski definition) is 1. The van der Waals surface area contributed by atoms with Gasteiger partial charge in [0.1, 0.15) is 12.2 Å². The molecule has 1 heterocycles. The van der Waals surface area contributed by atoms with Gasteiger partial charge in [0.25, 0.3) is 0 Å². The zero-order valence-electron chi connectivity index (χ0n) is 11.2. The standard InChI is InChI=1S/C14H20N4/c1-4-18-10-16-17-14(18)9-15-12(3)13-7-5-11(2)6-8-13/h5-8,10,12,15H,4,9H2,1-3H3. The first-order valence-electron chi connectivity index (χ1n) is 6.37. The van der Waals surface area contributed by atoms with E-state index in [0.29, 0.717) is 6.04 Å². The van der Waals surface area contributed by atoms with E-state index >= 15 is 0 Å². The van der Waals surface area contributed by atoms with Gasteiger partial charge in [-0.3, -0.25) is 0 Å². The Bertz CT molecular complexity index is 487. The van der Waals surface area contributed by atoms with Crippen molar-refractivity contribution in [3.05, 3.63) is 47.5 Å². The minimum absolute atomic E-state index is 0.313. The second-order valence-electron chi connectivity index (χ2n) is 4.55. The predicted molar refractivity (Wildman–Crippen MR) is 72.1 cm³/mol. The van der Waals surface area contributed by atoms with Crippen LogP contribution in [-0.4, -0.2) is 14.8 Å². The van der Waals surface area contributed by atoms with E-state index in [0.717, 1.165) is 18.9 Å². The summed E-state index contributed by atoms with van der Waals surface area (Å²) in [7, 11) is 0. The van der Waals surface area contributed by atoms with Gasteiger partial charge in [-0.25, -0.2) is 0 Å². The van der Waals surface area contributed by atoms with E-state index in [1.54, 1.807) is 6.33 Å². The molecule has 0 saturated carbocycles. The highest BCUT2D eigenvalue weighted by Gasteiger charge is 2.07. The summed E-state index contributed by atoms with van der Waals surface area (Å²) in [4.78, 5) is 0.